The largest absolute Gasteiger partial charge is 0.507 e. The highest BCUT2D eigenvalue weighted by molar-refractivity contribution is 5.97. The minimum absolute atomic E-state index is 0.126. The fourth-order valence-corrected chi connectivity index (χ4v) is 1.98. The van der Waals surface area contributed by atoms with E-state index < -0.39 is 5.82 Å². The van der Waals surface area contributed by atoms with Crippen molar-refractivity contribution in [1.29, 1.82) is 0 Å². The van der Waals surface area contributed by atoms with Crippen molar-refractivity contribution in [3.05, 3.63) is 29.6 Å². The maximum atomic E-state index is 12.7. The van der Waals surface area contributed by atoms with E-state index in [2.05, 4.69) is 12.2 Å². The van der Waals surface area contributed by atoms with Gasteiger partial charge >= 0.3 is 0 Å². The van der Waals surface area contributed by atoms with Gasteiger partial charge in [0, 0.05) is 12.1 Å². The molecule has 0 aliphatic heterocycles. The average Bonchev–Trinajstić information content (AvgIpc) is 2.15. The molecule has 0 unspecified atom stereocenters. The lowest BCUT2D eigenvalue weighted by atomic mass is 9.82. The summed E-state index contributed by atoms with van der Waals surface area (Å²) in [5.74, 6) is -0.558. The molecule has 2 rings (SSSR count). The van der Waals surface area contributed by atoms with Crippen LogP contribution in [-0.2, 0) is 0 Å². The predicted octanol–water partition coefficient (Wildman–Crippen LogP) is 2.06. The maximum Gasteiger partial charge on any atom is 0.255 e. The number of phenols is 1. The standard InChI is InChI=1S/C12H14FNO2/c1-7-4-9(5-7)14-12(16)10-3-2-8(13)6-11(10)15/h2-3,6-7,9,15H,4-5H2,1H3,(H,14,16). The molecule has 16 heavy (non-hydrogen) atoms. The van der Waals surface area contributed by atoms with Crippen molar-refractivity contribution in [2.24, 2.45) is 5.92 Å². The van der Waals surface area contributed by atoms with Gasteiger partial charge in [-0.05, 0) is 30.9 Å². The number of hydrogen-bond acceptors (Lipinski definition) is 2. The Morgan fingerprint density at radius 3 is 2.75 bits per heavy atom. The van der Waals surface area contributed by atoms with Crippen molar-refractivity contribution >= 4 is 5.91 Å². The Kier molecular flexibility index (Phi) is 2.81. The predicted molar refractivity (Wildman–Crippen MR) is 57.7 cm³/mol. The molecular weight excluding hydrogens is 209 g/mol. The minimum atomic E-state index is -0.550. The van der Waals surface area contributed by atoms with Gasteiger partial charge in [-0.3, -0.25) is 4.79 Å². The molecule has 0 bridgehead atoms. The van der Waals surface area contributed by atoms with E-state index >= 15 is 0 Å². The van der Waals surface area contributed by atoms with Crippen molar-refractivity contribution < 1.29 is 14.3 Å². The molecule has 0 radical (unpaired) electrons. The molecule has 1 aromatic rings. The Balaban J connectivity index is 2.03. The molecular formula is C12H14FNO2. The number of halogens is 1. The number of carbonyl (C=O) groups is 1. The Hall–Kier alpha value is -1.58. The van der Waals surface area contributed by atoms with Crippen molar-refractivity contribution in [2.45, 2.75) is 25.8 Å². The normalized spacial score (nSPS) is 23.6. The third-order valence-corrected chi connectivity index (χ3v) is 2.91. The smallest absolute Gasteiger partial charge is 0.255 e. The molecule has 0 saturated heterocycles. The number of phenolic OH excluding ortho intramolecular Hbond substituents is 1. The van der Waals surface area contributed by atoms with E-state index in [4.69, 9.17) is 0 Å². The number of amides is 1. The molecule has 1 saturated carbocycles. The van der Waals surface area contributed by atoms with Crippen LogP contribution in [-0.4, -0.2) is 17.1 Å². The van der Waals surface area contributed by atoms with E-state index in [0.29, 0.717) is 5.92 Å². The third-order valence-electron chi connectivity index (χ3n) is 2.91. The van der Waals surface area contributed by atoms with Crippen molar-refractivity contribution in [1.82, 2.24) is 5.32 Å². The molecule has 3 nitrogen and oxygen atoms in total. The number of aromatic hydroxyl groups is 1. The summed E-state index contributed by atoms with van der Waals surface area (Å²) in [6, 6.07) is 3.59. The SMILES string of the molecule is CC1CC(NC(=O)c2ccc(F)cc2O)C1. The quantitative estimate of drug-likeness (QED) is 0.806. The van der Waals surface area contributed by atoms with Crippen molar-refractivity contribution in [2.75, 3.05) is 0 Å². The first-order valence-corrected chi connectivity index (χ1v) is 5.35. The maximum absolute atomic E-state index is 12.7. The van der Waals surface area contributed by atoms with Gasteiger partial charge in [0.15, 0.2) is 0 Å². The zero-order valence-electron chi connectivity index (χ0n) is 9.03. The molecule has 2 N–H and O–H groups in total. The van der Waals surface area contributed by atoms with Crippen LogP contribution in [0.1, 0.15) is 30.1 Å². The molecule has 0 atom stereocenters. The van der Waals surface area contributed by atoms with E-state index in [9.17, 15) is 14.3 Å². The van der Waals surface area contributed by atoms with Gasteiger partial charge in [0.25, 0.3) is 5.91 Å². The van der Waals surface area contributed by atoms with Gasteiger partial charge in [-0.25, -0.2) is 4.39 Å². The van der Waals surface area contributed by atoms with Gasteiger partial charge in [-0.1, -0.05) is 6.92 Å². The minimum Gasteiger partial charge on any atom is -0.507 e. The first-order valence-electron chi connectivity index (χ1n) is 5.35. The van der Waals surface area contributed by atoms with Gasteiger partial charge in [-0.2, -0.15) is 0 Å². The second-order valence-electron chi connectivity index (χ2n) is 4.41. The molecule has 1 aliphatic rings. The molecule has 0 spiro atoms. The summed E-state index contributed by atoms with van der Waals surface area (Å²) in [6.45, 7) is 2.12. The van der Waals surface area contributed by atoms with Gasteiger partial charge in [-0.15, -0.1) is 0 Å². The third kappa shape index (κ3) is 2.15. The Morgan fingerprint density at radius 2 is 2.19 bits per heavy atom. The first kappa shape index (κ1) is 10.9. The Morgan fingerprint density at radius 1 is 1.50 bits per heavy atom. The van der Waals surface area contributed by atoms with Crippen LogP contribution >= 0.6 is 0 Å². The molecule has 1 amide bonds. The zero-order chi connectivity index (χ0) is 11.7. The highest BCUT2D eigenvalue weighted by Crippen LogP contribution is 2.27. The van der Waals surface area contributed by atoms with Crippen LogP contribution in [0, 0.1) is 11.7 Å². The van der Waals surface area contributed by atoms with Crippen molar-refractivity contribution in [3.8, 4) is 5.75 Å². The number of benzene rings is 1. The summed E-state index contributed by atoms with van der Waals surface area (Å²) in [7, 11) is 0. The van der Waals surface area contributed by atoms with Gasteiger partial charge in [0.2, 0.25) is 0 Å². The number of rotatable bonds is 2. The van der Waals surface area contributed by atoms with Crippen LogP contribution < -0.4 is 5.32 Å². The van der Waals surface area contributed by atoms with Gasteiger partial charge < -0.3 is 10.4 Å². The zero-order valence-corrected chi connectivity index (χ0v) is 9.03. The van der Waals surface area contributed by atoms with E-state index in [0.717, 1.165) is 25.0 Å². The second kappa shape index (κ2) is 4.12. The molecule has 1 aliphatic carbocycles. The summed E-state index contributed by atoms with van der Waals surface area (Å²) in [5.41, 5.74) is 0.126. The van der Waals surface area contributed by atoms with E-state index in [1.54, 1.807) is 0 Å². The van der Waals surface area contributed by atoms with Gasteiger partial charge in [0.05, 0.1) is 5.56 Å². The van der Waals surface area contributed by atoms with E-state index in [-0.39, 0.29) is 23.3 Å². The number of nitrogens with one attached hydrogen (secondary N) is 1. The lowest BCUT2D eigenvalue weighted by Gasteiger charge is -2.33. The fourth-order valence-electron chi connectivity index (χ4n) is 1.98. The van der Waals surface area contributed by atoms with Crippen LogP contribution in [0.4, 0.5) is 4.39 Å². The Bertz CT molecular complexity index is 413. The van der Waals surface area contributed by atoms with Crippen LogP contribution in [0.2, 0.25) is 0 Å². The summed E-state index contributed by atoms with van der Waals surface area (Å²) < 4.78 is 12.7. The highest BCUT2D eigenvalue weighted by Gasteiger charge is 2.27. The first-order chi connectivity index (χ1) is 7.56. The molecule has 1 fully saturated rings. The van der Waals surface area contributed by atoms with Crippen LogP contribution in [0.15, 0.2) is 18.2 Å². The monoisotopic (exact) mass is 223 g/mol. The lowest BCUT2D eigenvalue weighted by molar-refractivity contribution is 0.0893. The Labute approximate surface area is 93.3 Å². The molecule has 0 aromatic heterocycles. The average molecular weight is 223 g/mol. The molecule has 4 heteroatoms. The van der Waals surface area contributed by atoms with Crippen LogP contribution in [0.25, 0.3) is 0 Å². The molecule has 1 aromatic carbocycles. The number of carbonyl (C=O) groups excluding carboxylic acids is 1. The molecule has 86 valence electrons. The topological polar surface area (TPSA) is 49.3 Å². The highest BCUT2D eigenvalue weighted by atomic mass is 19.1. The summed E-state index contributed by atoms with van der Waals surface area (Å²) in [4.78, 5) is 11.7. The lowest BCUT2D eigenvalue weighted by Crippen LogP contribution is -2.43. The second-order valence-corrected chi connectivity index (χ2v) is 4.41. The number of hydrogen-bond donors (Lipinski definition) is 2. The van der Waals surface area contributed by atoms with Crippen LogP contribution in [0.5, 0.6) is 5.75 Å². The summed E-state index contributed by atoms with van der Waals surface area (Å²) in [6.07, 6.45) is 1.93. The van der Waals surface area contributed by atoms with Crippen molar-refractivity contribution in [3.63, 3.8) is 0 Å². The van der Waals surface area contributed by atoms with E-state index in [1.807, 2.05) is 0 Å². The van der Waals surface area contributed by atoms with E-state index in [1.165, 1.54) is 6.07 Å². The molecule has 0 heterocycles. The fraction of sp³-hybridized carbons (Fsp3) is 0.417. The van der Waals surface area contributed by atoms with Gasteiger partial charge in [0.1, 0.15) is 11.6 Å². The summed E-state index contributed by atoms with van der Waals surface area (Å²) in [5, 5.41) is 12.2. The summed E-state index contributed by atoms with van der Waals surface area (Å²) >= 11 is 0. The van der Waals surface area contributed by atoms with Crippen LogP contribution in [0.3, 0.4) is 0 Å².